The number of hydrogen-bond donors (Lipinski definition) is 1. The fourth-order valence-electron chi connectivity index (χ4n) is 1.48. The summed E-state index contributed by atoms with van der Waals surface area (Å²) >= 11 is 11.8. The molecule has 0 saturated carbocycles. The average Bonchev–Trinajstić information content (AvgIpc) is 2.31. The van der Waals surface area contributed by atoms with E-state index >= 15 is 0 Å². The van der Waals surface area contributed by atoms with Crippen LogP contribution in [0.15, 0.2) is 36.4 Å². The van der Waals surface area contributed by atoms with E-state index in [1.807, 2.05) is 37.3 Å². The van der Waals surface area contributed by atoms with Gasteiger partial charge in [0.15, 0.2) is 0 Å². The molecular weight excluding hydrogens is 255 g/mol. The molecule has 0 spiro atoms. The first-order valence-corrected chi connectivity index (χ1v) is 6.02. The molecule has 0 unspecified atom stereocenters. The second-order valence-corrected chi connectivity index (χ2v) is 4.58. The van der Waals surface area contributed by atoms with Crippen LogP contribution in [-0.4, -0.2) is 4.98 Å². The van der Waals surface area contributed by atoms with Crippen LogP contribution in [0.5, 0.6) is 0 Å². The second-order valence-electron chi connectivity index (χ2n) is 3.77. The molecule has 0 fully saturated rings. The van der Waals surface area contributed by atoms with Crippen LogP contribution in [0.2, 0.25) is 10.0 Å². The predicted molar refractivity (Wildman–Crippen MR) is 72.8 cm³/mol. The summed E-state index contributed by atoms with van der Waals surface area (Å²) in [6.45, 7) is 2.64. The molecule has 0 atom stereocenters. The quantitative estimate of drug-likeness (QED) is 0.896. The number of benzene rings is 1. The Morgan fingerprint density at radius 3 is 2.65 bits per heavy atom. The highest BCUT2D eigenvalue weighted by Gasteiger charge is 2.00. The van der Waals surface area contributed by atoms with Crippen LogP contribution in [0.25, 0.3) is 0 Å². The molecule has 17 heavy (non-hydrogen) atoms. The number of aromatic nitrogens is 1. The first kappa shape index (κ1) is 12.2. The lowest BCUT2D eigenvalue weighted by molar-refractivity contribution is 1.09. The number of pyridine rings is 1. The van der Waals surface area contributed by atoms with E-state index in [1.165, 1.54) is 0 Å². The molecule has 4 heteroatoms. The van der Waals surface area contributed by atoms with Crippen molar-refractivity contribution in [1.82, 2.24) is 4.98 Å². The summed E-state index contributed by atoms with van der Waals surface area (Å²) in [4.78, 5) is 4.36. The van der Waals surface area contributed by atoms with Crippen molar-refractivity contribution in [1.29, 1.82) is 0 Å². The zero-order valence-corrected chi connectivity index (χ0v) is 10.9. The van der Waals surface area contributed by atoms with Gasteiger partial charge in [-0.05, 0) is 36.8 Å². The number of hydrogen-bond acceptors (Lipinski definition) is 2. The average molecular weight is 267 g/mol. The summed E-state index contributed by atoms with van der Waals surface area (Å²) < 4.78 is 0. The van der Waals surface area contributed by atoms with Crippen LogP contribution in [0.4, 0.5) is 5.82 Å². The third-order valence-electron chi connectivity index (χ3n) is 2.35. The van der Waals surface area contributed by atoms with Gasteiger partial charge in [-0.2, -0.15) is 0 Å². The minimum absolute atomic E-state index is 0.572. The van der Waals surface area contributed by atoms with Crippen LogP contribution in [0.1, 0.15) is 11.3 Å². The first-order valence-electron chi connectivity index (χ1n) is 5.26. The van der Waals surface area contributed by atoms with Crippen molar-refractivity contribution < 1.29 is 0 Å². The Labute approximate surface area is 111 Å². The number of aryl methyl sites for hydroxylation is 1. The fourth-order valence-corrected chi connectivity index (χ4v) is 1.80. The molecule has 2 aromatic rings. The number of rotatable bonds is 3. The summed E-state index contributed by atoms with van der Waals surface area (Å²) in [6.07, 6.45) is 0. The van der Waals surface area contributed by atoms with Crippen molar-refractivity contribution >= 4 is 29.0 Å². The second kappa shape index (κ2) is 5.39. The van der Waals surface area contributed by atoms with Crippen LogP contribution in [0.3, 0.4) is 0 Å². The van der Waals surface area contributed by atoms with E-state index in [1.54, 1.807) is 6.07 Å². The largest absolute Gasteiger partial charge is 0.366 e. The molecule has 1 heterocycles. The van der Waals surface area contributed by atoms with Crippen LogP contribution in [-0.2, 0) is 6.54 Å². The van der Waals surface area contributed by atoms with Gasteiger partial charge in [0.2, 0.25) is 0 Å². The highest BCUT2D eigenvalue weighted by Crippen LogP contribution is 2.22. The molecule has 2 rings (SSSR count). The molecule has 1 aromatic heterocycles. The van der Waals surface area contributed by atoms with Gasteiger partial charge in [-0.15, -0.1) is 0 Å². The molecule has 0 aliphatic carbocycles. The van der Waals surface area contributed by atoms with Gasteiger partial charge in [0, 0.05) is 12.2 Å². The molecule has 0 bridgehead atoms. The van der Waals surface area contributed by atoms with Crippen molar-refractivity contribution in [2.24, 2.45) is 0 Å². The van der Waals surface area contributed by atoms with E-state index < -0.39 is 0 Å². The first-order chi connectivity index (χ1) is 8.15. The van der Waals surface area contributed by atoms with Crippen molar-refractivity contribution in [2.75, 3.05) is 5.32 Å². The Balaban J connectivity index is 2.05. The van der Waals surface area contributed by atoms with Crippen molar-refractivity contribution in [2.45, 2.75) is 13.5 Å². The van der Waals surface area contributed by atoms with E-state index in [2.05, 4.69) is 10.3 Å². The lowest BCUT2D eigenvalue weighted by Gasteiger charge is -2.07. The molecule has 1 aromatic carbocycles. The number of nitrogens with one attached hydrogen (secondary N) is 1. The fraction of sp³-hybridized carbons (Fsp3) is 0.154. The summed E-state index contributed by atoms with van der Waals surface area (Å²) in [6, 6.07) is 11.5. The Morgan fingerprint density at radius 2 is 1.94 bits per heavy atom. The van der Waals surface area contributed by atoms with E-state index in [9.17, 15) is 0 Å². The summed E-state index contributed by atoms with van der Waals surface area (Å²) in [7, 11) is 0. The number of halogens is 2. The maximum absolute atomic E-state index is 5.95. The summed E-state index contributed by atoms with van der Waals surface area (Å²) in [5.41, 5.74) is 2.06. The maximum Gasteiger partial charge on any atom is 0.126 e. The molecule has 0 aliphatic rings. The smallest absolute Gasteiger partial charge is 0.126 e. The van der Waals surface area contributed by atoms with E-state index in [0.29, 0.717) is 16.6 Å². The standard InChI is InChI=1S/C13H12Cl2N2/c1-9-3-2-4-13(17-9)16-8-10-5-6-11(14)12(15)7-10/h2-7H,8H2,1H3,(H,16,17). The lowest BCUT2D eigenvalue weighted by Crippen LogP contribution is -2.01. The van der Waals surface area contributed by atoms with Gasteiger partial charge < -0.3 is 5.32 Å². The van der Waals surface area contributed by atoms with Gasteiger partial charge in [-0.25, -0.2) is 4.98 Å². The Bertz CT molecular complexity index is 527. The molecule has 0 radical (unpaired) electrons. The van der Waals surface area contributed by atoms with Gasteiger partial charge in [0.1, 0.15) is 5.82 Å². The van der Waals surface area contributed by atoms with Crippen molar-refractivity contribution in [3.05, 3.63) is 57.7 Å². The molecule has 1 N–H and O–H groups in total. The van der Waals surface area contributed by atoms with Gasteiger partial charge in [-0.1, -0.05) is 35.3 Å². The van der Waals surface area contributed by atoms with Gasteiger partial charge in [-0.3, -0.25) is 0 Å². The van der Waals surface area contributed by atoms with E-state index in [4.69, 9.17) is 23.2 Å². The van der Waals surface area contributed by atoms with Crippen molar-refractivity contribution in [3.63, 3.8) is 0 Å². The van der Waals surface area contributed by atoms with Crippen LogP contribution >= 0.6 is 23.2 Å². The van der Waals surface area contributed by atoms with Crippen LogP contribution in [0, 0.1) is 6.92 Å². The zero-order valence-electron chi connectivity index (χ0n) is 9.37. The molecule has 0 amide bonds. The normalized spacial score (nSPS) is 10.3. The molecule has 0 aliphatic heterocycles. The zero-order chi connectivity index (χ0) is 12.3. The third-order valence-corrected chi connectivity index (χ3v) is 3.08. The highest BCUT2D eigenvalue weighted by molar-refractivity contribution is 6.42. The highest BCUT2D eigenvalue weighted by atomic mass is 35.5. The molecule has 88 valence electrons. The number of anilines is 1. The van der Waals surface area contributed by atoms with Gasteiger partial charge >= 0.3 is 0 Å². The predicted octanol–water partition coefficient (Wildman–Crippen LogP) is 4.31. The Kier molecular flexibility index (Phi) is 3.87. The Hall–Kier alpha value is -1.25. The molecule has 0 saturated heterocycles. The van der Waals surface area contributed by atoms with Crippen LogP contribution < -0.4 is 5.32 Å². The minimum atomic E-state index is 0.572. The maximum atomic E-state index is 5.95. The topological polar surface area (TPSA) is 24.9 Å². The third kappa shape index (κ3) is 3.35. The minimum Gasteiger partial charge on any atom is -0.366 e. The number of nitrogens with zero attached hydrogens (tertiary/aromatic N) is 1. The summed E-state index contributed by atoms with van der Waals surface area (Å²) in [5.74, 6) is 0.857. The molecule has 2 nitrogen and oxygen atoms in total. The van der Waals surface area contributed by atoms with Crippen molar-refractivity contribution in [3.8, 4) is 0 Å². The van der Waals surface area contributed by atoms with Gasteiger partial charge in [0.25, 0.3) is 0 Å². The van der Waals surface area contributed by atoms with E-state index in [0.717, 1.165) is 17.1 Å². The Morgan fingerprint density at radius 1 is 1.12 bits per heavy atom. The molecular formula is C13H12Cl2N2. The SMILES string of the molecule is Cc1cccc(NCc2ccc(Cl)c(Cl)c2)n1. The lowest BCUT2D eigenvalue weighted by atomic mass is 10.2. The van der Waals surface area contributed by atoms with E-state index in [-0.39, 0.29) is 0 Å². The summed E-state index contributed by atoms with van der Waals surface area (Å²) in [5, 5.41) is 4.38. The van der Waals surface area contributed by atoms with Gasteiger partial charge in [0.05, 0.1) is 10.0 Å². The monoisotopic (exact) mass is 266 g/mol.